The molecule has 138 valence electrons. The highest BCUT2D eigenvalue weighted by molar-refractivity contribution is 7.92. The van der Waals surface area contributed by atoms with E-state index in [-0.39, 0.29) is 24.0 Å². The SMILES string of the molecule is CC1Cc2cc(C(=O)OCC(=O)c3ccc(Cl)s3)ccc2N1S(C)(=O)=O. The van der Waals surface area contributed by atoms with Crippen LogP contribution in [0.15, 0.2) is 30.3 Å². The van der Waals surface area contributed by atoms with Crippen LogP contribution in [0.3, 0.4) is 0 Å². The molecule has 0 N–H and O–H groups in total. The fraction of sp³-hybridized carbons (Fsp3) is 0.294. The molecule has 0 saturated carbocycles. The molecule has 1 aromatic heterocycles. The fourth-order valence-electron chi connectivity index (χ4n) is 2.98. The second-order valence-corrected chi connectivity index (χ2v) is 9.63. The number of Topliss-reactive ketones (excluding diaryl/α,β-unsaturated/α-hetero) is 1. The number of fused-ring (bicyclic) bond motifs is 1. The quantitative estimate of drug-likeness (QED) is 0.555. The van der Waals surface area contributed by atoms with Crippen LogP contribution in [0.2, 0.25) is 4.34 Å². The lowest BCUT2D eigenvalue weighted by molar-refractivity contribution is 0.0476. The Hall–Kier alpha value is -1.90. The highest BCUT2D eigenvalue weighted by atomic mass is 35.5. The van der Waals surface area contributed by atoms with Crippen LogP contribution in [0.4, 0.5) is 5.69 Å². The Bertz CT molecular complexity index is 983. The Morgan fingerprint density at radius 3 is 2.65 bits per heavy atom. The molecule has 0 spiro atoms. The second-order valence-electron chi connectivity index (χ2n) is 6.06. The van der Waals surface area contributed by atoms with Crippen molar-refractivity contribution in [3.63, 3.8) is 0 Å². The van der Waals surface area contributed by atoms with Crippen molar-refractivity contribution in [3.05, 3.63) is 50.7 Å². The summed E-state index contributed by atoms with van der Waals surface area (Å²) in [7, 11) is -3.39. The molecule has 0 amide bonds. The van der Waals surface area contributed by atoms with Gasteiger partial charge >= 0.3 is 5.97 Å². The third kappa shape index (κ3) is 3.77. The van der Waals surface area contributed by atoms with Crippen LogP contribution in [0.5, 0.6) is 0 Å². The first-order valence-electron chi connectivity index (χ1n) is 7.75. The van der Waals surface area contributed by atoms with Crippen molar-refractivity contribution >= 4 is 50.4 Å². The molecule has 0 aliphatic carbocycles. The number of anilines is 1. The minimum Gasteiger partial charge on any atom is -0.454 e. The van der Waals surface area contributed by atoms with Crippen molar-refractivity contribution in [1.29, 1.82) is 0 Å². The summed E-state index contributed by atoms with van der Waals surface area (Å²) in [6.45, 7) is 1.43. The van der Waals surface area contributed by atoms with Gasteiger partial charge in [-0.15, -0.1) is 11.3 Å². The van der Waals surface area contributed by atoms with Gasteiger partial charge < -0.3 is 4.74 Å². The van der Waals surface area contributed by atoms with Crippen LogP contribution in [0.25, 0.3) is 0 Å². The van der Waals surface area contributed by atoms with E-state index < -0.39 is 16.0 Å². The molecule has 1 aliphatic heterocycles. The molecular weight excluding hydrogens is 398 g/mol. The molecule has 0 saturated heterocycles. The molecule has 2 aromatic rings. The Labute approximate surface area is 160 Å². The number of benzene rings is 1. The number of esters is 1. The number of carbonyl (C=O) groups excluding carboxylic acids is 2. The predicted octanol–water partition coefficient (Wildman–Crippen LogP) is 3.15. The molecule has 6 nitrogen and oxygen atoms in total. The standard InChI is InChI=1S/C17H16ClNO5S2/c1-10-7-12-8-11(3-4-13(12)19(10)26(2,22)23)17(21)24-9-14(20)15-5-6-16(18)25-15/h3-6,8,10H,7,9H2,1-2H3. The van der Waals surface area contributed by atoms with E-state index in [1.807, 2.05) is 6.92 Å². The van der Waals surface area contributed by atoms with Gasteiger partial charge in [0.15, 0.2) is 6.61 Å². The van der Waals surface area contributed by atoms with E-state index in [4.69, 9.17) is 16.3 Å². The Morgan fingerprint density at radius 1 is 1.31 bits per heavy atom. The molecule has 2 heterocycles. The summed E-state index contributed by atoms with van der Waals surface area (Å²) in [4.78, 5) is 24.6. The van der Waals surface area contributed by atoms with Crippen molar-refractivity contribution in [2.24, 2.45) is 0 Å². The first-order valence-corrected chi connectivity index (χ1v) is 10.8. The Morgan fingerprint density at radius 2 is 2.04 bits per heavy atom. The van der Waals surface area contributed by atoms with Crippen molar-refractivity contribution in [2.75, 3.05) is 17.2 Å². The summed E-state index contributed by atoms with van der Waals surface area (Å²) in [6, 6.07) is 7.69. The van der Waals surface area contributed by atoms with Crippen LogP contribution < -0.4 is 4.31 Å². The summed E-state index contributed by atoms with van der Waals surface area (Å²) < 4.78 is 30.8. The topological polar surface area (TPSA) is 80.8 Å². The highest BCUT2D eigenvalue weighted by Crippen LogP contribution is 2.34. The van der Waals surface area contributed by atoms with Crippen molar-refractivity contribution in [2.45, 2.75) is 19.4 Å². The number of nitrogens with zero attached hydrogens (tertiary/aromatic N) is 1. The van der Waals surface area contributed by atoms with Gasteiger partial charge in [-0.3, -0.25) is 9.10 Å². The third-order valence-electron chi connectivity index (χ3n) is 4.01. The van der Waals surface area contributed by atoms with Gasteiger partial charge in [-0.1, -0.05) is 11.6 Å². The summed E-state index contributed by atoms with van der Waals surface area (Å²) in [5.74, 6) is -0.956. The number of sulfonamides is 1. The number of halogens is 1. The zero-order chi connectivity index (χ0) is 19.1. The van der Waals surface area contributed by atoms with Crippen LogP contribution >= 0.6 is 22.9 Å². The molecule has 9 heteroatoms. The van der Waals surface area contributed by atoms with Gasteiger partial charge in [0, 0.05) is 6.04 Å². The average molecular weight is 414 g/mol. The van der Waals surface area contributed by atoms with Crippen molar-refractivity contribution < 1.29 is 22.7 Å². The molecule has 1 aromatic carbocycles. The Kier molecular flexibility index (Phi) is 5.09. The van der Waals surface area contributed by atoms with Crippen LogP contribution in [-0.2, 0) is 21.2 Å². The van der Waals surface area contributed by atoms with Crippen molar-refractivity contribution in [3.8, 4) is 0 Å². The molecule has 3 rings (SSSR count). The maximum Gasteiger partial charge on any atom is 0.338 e. The largest absolute Gasteiger partial charge is 0.454 e. The molecule has 0 radical (unpaired) electrons. The van der Waals surface area contributed by atoms with E-state index in [2.05, 4.69) is 0 Å². The highest BCUT2D eigenvalue weighted by Gasteiger charge is 2.33. The minimum absolute atomic E-state index is 0.212. The lowest BCUT2D eigenvalue weighted by Gasteiger charge is -2.21. The van der Waals surface area contributed by atoms with Gasteiger partial charge in [0.1, 0.15) is 0 Å². The van der Waals surface area contributed by atoms with E-state index in [0.29, 0.717) is 21.3 Å². The van der Waals surface area contributed by atoms with Gasteiger partial charge in [0.05, 0.1) is 26.7 Å². The predicted molar refractivity (Wildman–Crippen MR) is 101 cm³/mol. The molecule has 1 unspecified atom stereocenters. The minimum atomic E-state index is -3.39. The maximum absolute atomic E-state index is 12.2. The number of hydrogen-bond acceptors (Lipinski definition) is 6. The first-order chi connectivity index (χ1) is 12.2. The van der Waals surface area contributed by atoms with Crippen LogP contribution in [0, 0.1) is 0 Å². The molecule has 0 bridgehead atoms. The van der Waals surface area contributed by atoms with Gasteiger partial charge in [-0.2, -0.15) is 0 Å². The summed E-state index contributed by atoms with van der Waals surface area (Å²) in [5.41, 5.74) is 1.61. The van der Waals surface area contributed by atoms with E-state index in [1.54, 1.807) is 24.3 Å². The number of thiophene rings is 1. The zero-order valence-corrected chi connectivity index (χ0v) is 16.5. The Balaban J connectivity index is 1.72. The number of ketones is 1. The fourth-order valence-corrected chi connectivity index (χ4v) is 5.22. The first kappa shape index (κ1) is 18.9. The number of carbonyl (C=O) groups is 2. The van der Waals surface area contributed by atoms with Gasteiger partial charge in [0.2, 0.25) is 15.8 Å². The van der Waals surface area contributed by atoms with Crippen LogP contribution in [-0.4, -0.2) is 39.1 Å². The smallest absolute Gasteiger partial charge is 0.338 e. The van der Waals surface area contributed by atoms with E-state index in [0.717, 1.165) is 23.2 Å². The van der Waals surface area contributed by atoms with Gasteiger partial charge in [-0.25, -0.2) is 13.2 Å². The third-order valence-corrected chi connectivity index (χ3v) is 6.55. The van der Waals surface area contributed by atoms with Gasteiger partial charge in [0.25, 0.3) is 0 Å². The molecule has 0 fully saturated rings. The number of ether oxygens (including phenoxy) is 1. The summed E-state index contributed by atoms with van der Waals surface area (Å²) >= 11 is 6.91. The number of hydrogen-bond donors (Lipinski definition) is 0. The van der Waals surface area contributed by atoms with Crippen LogP contribution in [0.1, 0.15) is 32.5 Å². The lowest BCUT2D eigenvalue weighted by Crippen LogP contribution is -2.34. The monoisotopic (exact) mass is 413 g/mol. The summed E-state index contributed by atoms with van der Waals surface area (Å²) in [5, 5.41) is 0. The maximum atomic E-state index is 12.2. The molecule has 1 atom stereocenters. The average Bonchev–Trinajstić information content (AvgIpc) is 3.13. The molecular formula is C17H16ClNO5S2. The second kappa shape index (κ2) is 7.02. The van der Waals surface area contributed by atoms with E-state index >= 15 is 0 Å². The van der Waals surface area contributed by atoms with Crippen molar-refractivity contribution in [1.82, 2.24) is 0 Å². The zero-order valence-electron chi connectivity index (χ0n) is 14.1. The summed E-state index contributed by atoms with van der Waals surface area (Å²) in [6.07, 6.45) is 1.67. The number of rotatable bonds is 5. The normalized spacial score (nSPS) is 16.4. The molecule has 1 aliphatic rings. The molecule has 26 heavy (non-hydrogen) atoms. The lowest BCUT2D eigenvalue weighted by atomic mass is 10.1. The van der Waals surface area contributed by atoms with Gasteiger partial charge in [-0.05, 0) is 49.2 Å². The van der Waals surface area contributed by atoms with E-state index in [9.17, 15) is 18.0 Å². The van der Waals surface area contributed by atoms with E-state index in [1.165, 1.54) is 10.4 Å².